The van der Waals surface area contributed by atoms with E-state index in [1.165, 1.54) is 37.0 Å². The standard InChI is InChI=1S/C17H23FN4.HI/c1-19-17(22-10-12-3-2-4-12)20-8-7-13-11-21-16-9-14(18)5-6-15(13)16;/h5-6,9,11-12,21H,2-4,7-8,10H2,1H3,(H2,19,20,22);1H. The number of aliphatic imine (C=N–C) groups is 1. The fourth-order valence-corrected chi connectivity index (χ4v) is 2.84. The third-order valence-electron chi connectivity index (χ3n) is 4.42. The van der Waals surface area contributed by atoms with Gasteiger partial charge in [0.1, 0.15) is 5.82 Å². The first-order valence-electron chi connectivity index (χ1n) is 7.96. The number of guanidine groups is 1. The number of benzene rings is 1. The van der Waals surface area contributed by atoms with E-state index >= 15 is 0 Å². The Morgan fingerprint density at radius 3 is 2.87 bits per heavy atom. The van der Waals surface area contributed by atoms with Gasteiger partial charge in [-0.05, 0) is 48.9 Å². The van der Waals surface area contributed by atoms with Crippen LogP contribution in [0.3, 0.4) is 0 Å². The first kappa shape index (κ1) is 18.0. The molecule has 126 valence electrons. The van der Waals surface area contributed by atoms with Gasteiger partial charge in [-0.3, -0.25) is 4.99 Å². The summed E-state index contributed by atoms with van der Waals surface area (Å²) in [5.41, 5.74) is 2.04. The van der Waals surface area contributed by atoms with E-state index in [1.807, 2.05) is 12.3 Å². The molecule has 23 heavy (non-hydrogen) atoms. The molecular weight excluding hydrogens is 406 g/mol. The molecule has 6 heteroatoms. The van der Waals surface area contributed by atoms with Gasteiger partial charge >= 0.3 is 0 Å². The monoisotopic (exact) mass is 430 g/mol. The second-order valence-corrected chi connectivity index (χ2v) is 5.93. The summed E-state index contributed by atoms with van der Waals surface area (Å²) in [4.78, 5) is 7.37. The summed E-state index contributed by atoms with van der Waals surface area (Å²) in [5.74, 6) is 1.46. The number of aromatic amines is 1. The minimum atomic E-state index is -0.209. The topological polar surface area (TPSA) is 52.2 Å². The lowest BCUT2D eigenvalue weighted by Gasteiger charge is -2.26. The maximum atomic E-state index is 13.2. The molecule has 0 radical (unpaired) electrons. The van der Waals surface area contributed by atoms with E-state index in [9.17, 15) is 4.39 Å². The molecular formula is C17H24FIN4. The Labute approximate surface area is 153 Å². The van der Waals surface area contributed by atoms with E-state index in [0.717, 1.165) is 42.3 Å². The highest BCUT2D eigenvalue weighted by Crippen LogP contribution is 2.25. The third-order valence-corrected chi connectivity index (χ3v) is 4.42. The van der Waals surface area contributed by atoms with Crippen LogP contribution in [0.25, 0.3) is 10.9 Å². The zero-order valence-electron chi connectivity index (χ0n) is 13.4. The van der Waals surface area contributed by atoms with Crippen LogP contribution in [0.2, 0.25) is 0 Å². The Bertz CT molecular complexity index is 664. The van der Waals surface area contributed by atoms with Gasteiger partial charge in [-0.2, -0.15) is 0 Å². The van der Waals surface area contributed by atoms with Crippen molar-refractivity contribution in [1.82, 2.24) is 15.6 Å². The van der Waals surface area contributed by atoms with E-state index in [1.54, 1.807) is 7.05 Å². The highest BCUT2D eigenvalue weighted by Gasteiger charge is 2.17. The number of halogens is 2. The average molecular weight is 430 g/mol. The van der Waals surface area contributed by atoms with Crippen LogP contribution in [0.1, 0.15) is 24.8 Å². The van der Waals surface area contributed by atoms with Crippen LogP contribution in [0.5, 0.6) is 0 Å². The lowest BCUT2D eigenvalue weighted by molar-refractivity contribution is 0.314. The molecule has 3 rings (SSSR count). The van der Waals surface area contributed by atoms with Gasteiger partial charge in [-0.15, -0.1) is 24.0 Å². The summed E-state index contributed by atoms with van der Waals surface area (Å²) < 4.78 is 13.2. The molecule has 1 heterocycles. The van der Waals surface area contributed by atoms with Crippen LogP contribution in [-0.2, 0) is 6.42 Å². The fraction of sp³-hybridized carbons (Fsp3) is 0.471. The number of hydrogen-bond acceptors (Lipinski definition) is 1. The van der Waals surface area contributed by atoms with Crippen molar-refractivity contribution in [2.24, 2.45) is 10.9 Å². The minimum absolute atomic E-state index is 0. The molecule has 1 saturated carbocycles. The Hall–Kier alpha value is -1.31. The van der Waals surface area contributed by atoms with E-state index < -0.39 is 0 Å². The van der Waals surface area contributed by atoms with Crippen LogP contribution in [0.15, 0.2) is 29.4 Å². The second-order valence-electron chi connectivity index (χ2n) is 5.93. The van der Waals surface area contributed by atoms with Gasteiger partial charge in [0.05, 0.1) is 0 Å². The van der Waals surface area contributed by atoms with Crippen molar-refractivity contribution in [2.75, 3.05) is 20.1 Å². The molecule has 0 bridgehead atoms. The summed E-state index contributed by atoms with van der Waals surface area (Å²) in [6, 6.07) is 4.87. The minimum Gasteiger partial charge on any atom is -0.361 e. The molecule has 1 fully saturated rings. The van der Waals surface area contributed by atoms with Crippen molar-refractivity contribution in [2.45, 2.75) is 25.7 Å². The lowest BCUT2D eigenvalue weighted by atomic mass is 9.85. The summed E-state index contributed by atoms with van der Waals surface area (Å²) in [5, 5.41) is 7.80. The summed E-state index contributed by atoms with van der Waals surface area (Å²) in [6.07, 6.45) is 6.84. The number of H-pyrrole nitrogens is 1. The Kier molecular flexibility index (Phi) is 6.68. The molecule has 1 aromatic heterocycles. The SMILES string of the molecule is CN=C(NCCc1c[nH]c2cc(F)ccc12)NCC1CCC1.I. The number of nitrogens with one attached hydrogen (secondary N) is 3. The molecule has 4 nitrogen and oxygen atoms in total. The van der Waals surface area contributed by atoms with E-state index in [-0.39, 0.29) is 29.8 Å². The smallest absolute Gasteiger partial charge is 0.190 e. The molecule has 0 atom stereocenters. The highest BCUT2D eigenvalue weighted by atomic mass is 127. The van der Waals surface area contributed by atoms with Gasteiger partial charge in [0.15, 0.2) is 5.96 Å². The van der Waals surface area contributed by atoms with Crippen molar-refractivity contribution in [3.63, 3.8) is 0 Å². The molecule has 0 unspecified atom stereocenters. The maximum absolute atomic E-state index is 13.2. The van der Waals surface area contributed by atoms with Crippen LogP contribution < -0.4 is 10.6 Å². The van der Waals surface area contributed by atoms with Crippen LogP contribution >= 0.6 is 24.0 Å². The molecule has 1 aromatic carbocycles. The van der Waals surface area contributed by atoms with E-state index in [0.29, 0.717) is 0 Å². The van der Waals surface area contributed by atoms with Crippen LogP contribution in [0, 0.1) is 11.7 Å². The predicted molar refractivity (Wildman–Crippen MR) is 104 cm³/mol. The van der Waals surface area contributed by atoms with Gasteiger partial charge in [0.25, 0.3) is 0 Å². The fourth-order valence-electron chi connectivity index (χ4n) is 2.84. The molecule has 2 aromatic rings. The van der Waals surface area contributed by atoms with Crippen molar-refractivity contribution >= 4 is 40.8 Å². The quantitative estimate of drug-likeness (QED) is 0.387. The number of aromatic nitrogens is 1. The molecule has 0 saturated heterocycles. The largest absolute Gasteiger partial charge is 0.361 e. The van der Waals surface area contributed by atoms with Gasteiger partial charge < -0.3 is 15.6 Å². The van der Waals surface area contributed by atoms with Crippen molar-refractivity contribution in [3.8, 4) is 0 Å². The third kappa shape index (κ3) is 4.59. The number of nitrogens with zero attached hydrogens (tertiary/aromatic N) is 1. The zero-order chi connectivity index (χ0) is 15.4. The molecule has 1 aliphatic carbocycles. The highest BCUT2D eigenvalue weighted by molar-refractivity contribution is 14.0. The van der Waals surface area contributed by atoms with Crippen LogP contribution in [-0.4, -0.2) is 31.1 Å². The van der Waals surface area contributed by atoms with Gasteiger partial charge in [-0.25, -0.2) is 4.39 Å². The summed E-state index contributed by atoms with van der Waals surface area (Å²) >= 11 is 0. The van der Waals surface area contributed by atoms with Gasteiger partial charge in [0.2, 0.25) is 0 Å². The molecule has 3 N–H and O–H groups in total. The second kappa shape index (κ2) is 8.52. The van der Waals surface area contributed by atoms with E-state index in [4.69, 9.17) is 0 Å². The number of rotatable bonds is 5. The normalized spacial score (nSPS) is 15.1. The first-order valence-corrected chi connectivity index (χ1v) is 7.96. The first-order chi connectivity index (χ1) is 10.8. The maximum Gasteiger partial charge on any atom is 0.190 e. The molecule has 0 spiro atoms. The summed E-state index contributed by atoms with van der Waals surface area (Å²) in [7, 11) is 1.80. The molecule has 0 amide bonds. The average Bonchev–Trinajstić information content (AvgIpc) is 2.86. The lowest BCUT2D eigenvalue weighted by Crippen LogP contribution is -2.41. The predicted octanol–water partition coefficient (Wildman–Crippen LogP) is 3.43. The van der Waals surface area contributed by atoms with Gasteiger partial charge in [0, 0.05) is 37.2 Å². The van der Waals surface area contributed by atoms with Crippen LogP contribution in [0.4, 0.5) is 4.39 Å². The molecule has 1 aliphatic rings. The Morgan fingerprint density at radius 2 is 2.17 bits per heavy atom. The number of hydrogen-bond donors (Lipinski definition) is 3. The van der Waals surface area contributed by atoms with E-state index in [2.05, 4.69) is 20.6 Å². The van der Waals surface area contributed by atoms with Crippen molar-refractivity contribution in [1.29, 1.82) is 0 Å². The van der Waals surface area contributed by atoms with Crippen molar-refractivity contribution in [3.05, 3.63) is 35.8 Å². The number of fused-ring (bicyclic) bond motifs is 1. The van der Waals surface area contributed by atoms with Crippen molar-refractivity contribution < 1.29 is 4.39 Å². The van der Waals surface area contributed by atoms with Gasteiger partial charge in [-0.1, -0.05) is 6.42 Å². The Morgan fingerprint density at radius 1 is 1.35 bits per heavy atom. The zero-order valence-corrected chi connectivity index (χ0v) is 15.7. The molecule has 0 aliphatic heterocycles. The Balaban J connectivity index is 0.00000192. The summed E-state index contributed by atoms with van der Waals surface area (Å²) in [6.45, 7) is 1.81.